The molecule has 0 atom stereocenters. The van der Waals surface area contributed by atoms with Crippen LogP contribution in [0, 0.1) is 0 Å². The second kappa shape index (κ2) is 3.14. The molecule has 1 heterocycles. The van der Waals surface area contributed by atoms with Crippen molar-refractivity contribution in [3.63, 3.8) is 0 Å². The molecular weight excluding hydrogens is 180 g/mol. The van der Waals surface area contributed by atoms with Gasteiger partial charge in [0.05, 0.1) is 25.4 Å². The van der Waals surface area contributed by atoms with Gasteiger partial charge in [0.25, 0.3) is 0 Å². The van der Waals surface area contributed by atoms with Crippen LogP contribution in [0.15, 0.2) is 18.3 Å². The number of H-pyrrole nitrogens is 1. The summed E-state index contributed by atoms with van der Waals surface area (Å²) in [5.74, 6) is 1.38. The first-order valence-corrected chi connectivity index (χ1v) is 4.25. The fourth-order valence-electron chi connectivity index (χ4n) is 1.53. The lowest BCUT2D eigenvalue weighted by atomic mass is 10.2. The van der Waals surface area contributed by atoms with E-state index in [4.69, 9.17) is 15.2 Å². The lowest BCUT2D eigenvalue weighted by Crippen LogP contribution is -1.95. The predicted octanol–water partition coefficient (Wildman–Crippen LogP) is 1.77. The topological polar surface area (TPSA) is 60.3 Å². The number of hydrogen-bond donors (Lipinski definition) is 2. The van der Waals surface area contributed by atoms with Crippen molar-refractivity contribution >= 4 is 16.6 Å². The molecule has 4 nitrogen and oxygen atoms in total. The molecule has 0 fully saturated rings. The van der Waals surface area contributed by atoms with E-state index in [0.29, 0.717) is 11.4 Å². The Balaban J connectivity index is 2.80. The molecule has 0 amide bonds. The molecule has 74 valence electrons. The SMILES string of the molecule is COc1cc(OC)c2cc[nH]c2c1N. The number of nitrogens with one attached hydrogen (secondary N) is 1. The first kappa shape index (κ1) is 8.74. The molecule has 2 rings (SSSR count). The summed E-state index contributed by atoms with van der Waals surface area (Å²) in [5, 5.41) is 0.964. The van der Waals surface area contributed by atoms with Crippen molar-refractivity contribution in [1.29, 1.82) is 0 Å². The number of aromatic amines is 1. The van der Waals surface area contributed by atoms with Crippen LogP contribution >= 0.6 is 0 Å². The molecule has 3 N–H and O–H groups in total. The fraction of sp³-hybridized carbons (Fsp3) is 0.200. The maximum Gasteiger partial charge on any atom is 0.147 e. The smallest absolute Gasteiger partial charge is 0.147 e. The Labute approximate surface area is 81.6 Å². The minimum absolute atomic E-state index is 0.605. The van der Waals surface area contributed by atoms with Gasteiger partial charge >= 0.3 is 0 Å². The van der Waals surface area contributed by atoms with Crippen molar-refractivity contribution < 1.29 is 9.47 Å². The van der Waals surface area contributed by atoms with Gasteiger partial charge in [0.15, 0.2) is 0 Å². The van der Waals surface area contributed by atoms with E-state index < -0.39 is 0 Å². The molecule has 0 aliphatic heterocycles. The van der Waals surface area contributed by atoms with Crippen molar-refractivity contribution in [2.24, 2.45) is 0 Å². The Morgan fingerprint density at radius 3 is 2.57 bits per heavy atom. The van der Waals surface area contributed by atoms with Crippen LogP contribution in [-0.2, 0) is 0 Å². The quantitative estimate of drug-likeness (QED) is 0.713. The molecule has 14 heavy (non-hydrogen) atoms. The molecule has 0 bridgehead atoms. The predicted molar refractivity (Wildman–Crippen MR) is 55.8 cm³/mol. The number of methoxy groups -OCH3 is 2. The molecular formula is C10H12N2O2. The molecule has 0 saturated carbocycles. The van der Waals surface area contributed by atoms with Gasteiger partial charge in [-0.1, -0.05) is 0 Å². The van der Waals surface area contributed by atoms with Crippen molar-refractivity contribution in [2.75, 3.05) is 20.0 Å². The second-order valence-corrected chi connectivity index (χ2v) is 2.96. The Hall–Kier alpha value is -1.84. The highest BCUT2D eigenvalue weighted by Crippen LogP contribution is 2.36. The number of nitrogen functional groups attached to an aromatic ring is 1. The Bertz CT molecular complexity index is 462. The molecule has 0 aliphatic rings. The summed E-state index contributed by atoms with van der Waals surface area (Å²) >= 11 is 0. The zero-order chi connectivity index (χ0) is 10.1. The number of hydrogen-bond acceptors (Lipinski definition) is 3. The van der Waals surface area contributed by atoms with Gasteiger partial charge in [0.2, 0.25) is 0 Å². The summed E-state index contributed by atoms with van der Waals surface area (Å²) in [5.41, 5.74) is 7.34. The third-order valence-electron chi connectivity index (χ3n) is 2.25. The van der Waals surface area contributed by atoms with Crippen molar-refractivity contribution in [3.8, 4) is 11.5 Å². The van der Waals surface area contributed by atoms with Crippen LogP contribution in [-0.4, -0.2) is 19.2 Å². The van der Waals surface area contributed by atoms with E-state index in [0.717, 1.165) is 16.7 Å². The van der Waals surface area contributed by atoms with Crippen LogP contribution in [0.2, 0.25) is 0 Å². The number of anilines is 1. The molecule has 1 aromatic carbocycles. The standard InChI is InChI=1S/C10H12N2O2/c1-13-7-5-8(14-2)9(11)10-6(7)3-4-12-10/h3-5,12H,11H2,1-2H3. The highest BCUT2D eigenvalue weighted by Gasteiger charge is 2.11. The average molecular weight is 192 g/mol. The number of rotatable bonds is 2. The molecule has 0 saturated heterocycles. The van der Waals surface area contributed by atoms with E-state index in [1.165, 1.54) is 0 Å². The Morgan fingerprint density at radius 1 is 1.21 bits per heavy atom. The molecule has 2 aromatic rings. The molecule has 4 heteroatoms. The number of fused-ring (bicyclic) bond motifs is 1. The molecule has 1 aromatic heterocycles. The Kier molecular flexibility index (Phi) is 1.96. The van der Waals surface area contributed by atoms with Gasteiger partial charge in [0, 0.05) is 17.6 Å². The van der Waals surface area contributed by atoms with Crippen LogP contribution in [0.3, 0.4) is 0 Å². The van der Waals surface area contributed by atoms with Gasteiger partial charge in [-0.15, -0.1) is 0 Å². The van der Waals surface area contributed by atoms with Crippen LogP contribution in [0.5, 0.6) is 11.5 Å². The van der Waals surface area contributed by atoms with E-state index in [2.05, 4.69) is 4.98 Å². The third-order valence-corrected chi connectivity index (χ3v) is 2.25. The number of benzene rings is 1. The zero-order valence-electron chi connectivity index (χ0n) is 8.13. The number of nitrogens with two attached hydrogens (primary N) is 1. The molecule has 0 radical (unpaired) electrons. The minimum atomic E-state index is 0.605. The number of ether oxygens (including phenoxy) is 2. The lowest BCUT2D eigenvalue weighted by Gasteiger charge is -2.09. The van der Waals surface area contributed by atoms with Crippen LogP contribution in [0.25, 0.3) is 10.9 Å². The van der Waals surface area contributed by atoms with Gasteiger partial charge in [0.1, 0.15) is 11.5 Å². The lowest BCUT2D eigenvalue weighted by molar-refractivity contribution is 0.399. The maximum absolute atomic E-state index is 5.89. The van der Waals surface area contributed by atoms with Gasteiger partial charge in [-0.3, -0.25) is 0 Å². The largest absolute Gasteiger partial charge is 0.496 e. The normalized spacial score (nSPS) is 10.4. The molecule has 0 spiro atoms. The monoisotopic (exact) mass is 192 g/mol. The van der Waals surface area contributed by atoms with E-state index in [1.807, 2.05) is 12.3 Å². The van der Waals surface area contributed by atoms with Gasteiger partial charge in [-0.2, -0.15) is 0 Å². The summed E-state index contributed by atoms with van der Waals surface area (Å²) in [7, 11) is 3.21. The van der Waals surface area contributed by atoms with Crippen molar-refractivity contribution in [1.82, 2.24) is 4.98 Å². The summed E-state index contributed by atoms with van der Waals surface area (Å²) < 4.78 is 10.4. The van der Waals surface area contributed by atoms with Gasteiger partial charge in [-0.05, 0) is 6.07 Å². The summed E-state index contributed by atoms with van der Waals surface area (Å²) in [6.07, 6.45) is 1.82. The van der Waals surface area contributed by atoms with Crippen LogP contribution in [0.4, 0.5) is 5.69 Å². The maximum atomic E-state index is 5.89. The highest BCUT2D eigenvalue weighted by molar-refractivity contribution is 5.97. The first-order valence-electron chi connectivity index (χ1n) is 4.25. The van der Waals surface area contributed by atoms with Gasteiger partial charge < -0.3 is 20.2 Å². The van der Waals surface area contributed by atoms with E-state index in [1.54, 1.807) is 20.3 Å². The Morgan fingerprint density at radius 2 is 1.93 bits per heavy atom. The fourth-order valence-corrected chi connectivity index (χ4v) is 1.53. The number of aromatic nitrogens is 1. The van der Waals surface area contributed by atoms with E-state index in [9.17, 15) is 0 Å². The summed E-state index contributed by atoms with van der Waals surface area (Å²) in [6, 6.07) is 3.70. The first-order chi connectivity index (χ1) is 6.77. The van der Waals surface area contributed by atoms with Crippen LogP contribution < -0.4 is 15.2 Å². The van der Waals surface area contributed by atoms with Crippen LogP contribution in [0.1, 0.15) is 0 Å². The highest BCUT2D eigenvalue weighted by atomic mass is 16.5. The van der Waals surface area contributed by atoms with Crippen molar-refractivity contribution in [3.05, 3.63) is 18.3 Å². The van der Waals surface area contributed by atoms with E-state index in [-0.39, 0.29) is 0 Å². The second-order valence-electron chi connectivity index (χ2n) is 2.96. The van der Waals surface area contributed by atoms with E-state index >= 15 is 0 Å². The summed E-state index contributed by atoms with van der Waals surface area (Å²) in [6.45, 7) is 0. The zero-order valence-corrected chi connectivity index (χ0v) is 8.13. The minimum Gasteiger partial charge on any atom is -0.496 e. The third kappa shape index (κ3) is 1.08. The average Bonchev–Trinajstić information content (AvgIpc) is 2.68. The molecule has 0 aliphatic carbocycles. The molecule has 0 unspecified atom stereocenters. The summed E-state index contributed by atoms with van der Waals surface area (Å²) in [4.78, 5) is 3.05. The van der Waals surface area contributed by atoms with Crippen molar-refractivity contribution in [2.45, 2.75) is 0 Å². The van der Waals surface area contributed by atoms with Gasteiger partial charge in [-0.25, -0.2) is 0 Å².